The van der Waals surface area contributed by atoms with E-state index in [-0.39, 0.29) is 5.78 Å². The molecule has 0 heterocycles. The first kappa shape index (κ1) is 14.6. The van der Waals surface area contributed by atoms with Gasteiger partial charge in [0.25, 0.3) is 0 Å². The second-order valence-electron chi connectivity index (χ2n) is 4.95. The molecule has 0 aliphatic carbocycles. The van der Waals surface area contributed by atoms with Crippen molar-refractivity contribution in [2.45, 2.75) is 20.8 Å². The number of methoxy groups -OCH3 is 1. The van der Waals surface area contributed by atoms with Gasteiger partial charge in [-0.3, -0.25) is 4.79 Å². The highest BCUT2D eigenvalue weighted by atomic mass is 35.5. The van der Waals surface area contributed by atoms with E-state index in [2.05, 4.69) is 0 Å². The van der Waals surface area contributed by atoms with E-state index in [4.69, 9.17) is 16.3 Å². The summed E-state index contributed by atoms with van der Waals surface area (Å²) >= 11 is 6.08. The largest absolute Gasteiger partial charge is 0.496 e. The molecule has 0 amide bonds. The van der Waals surface area contributed by atoms with Gasteiger partial charge >= 0.3 is 0 Å². The highest BCUT2D eigenvalue weighted by molar-refractivity contribution is 6.31. The van der Waals surface area contributed by atoms with E-state index in [1.165, 1.54) is 0 Å². The quantitative estimate of drug-likeness (QED) is 0.777. The van der Waals surface area contributed by atoms with Crippen LogP contribution in [-0.4, -0.2) is 12.9 Å². The van der Waals surface area contributed by atoms with Crippen LogP contribution in [0.1, 0.15) is 32.6 Å². The van der Waals surface area contributed by atoms with Gasteiger partial charge in [0.05, 0.1) is 12.7 Å². The molecule has 0 bridgehead atoms. The van der Waals surface area contributed by atoms with Crippen molar-refractivity contribution in [3.8, 4) is 5.75 Å². The number of carbonyl (C=O) groups excluding carboxylic acids is 1. The summed E-state index contributed by atoms with van der Waals surface area (Å²) < 4.78 is 5.29. The molecule has 20 heavy (non-hydrogen) atoms. The smallest absolute Gasteiger partial charge is 0.197 e. The predicted molar refractivity (Wildman–Crippen MR) is 82.1 cm³/mol. The van der Waals surface area contributed by atoms with Crippen LogP contribution in [0.25, 0.3) is 0 Å². The van der Waals surface area contributed by atoms with Crippen LogP contribution in [0.5, 0.6) is 5.75 Å². The van der Waals surface area contributed by atoms with Gasteiger partial charge in [-0.25, -0.2) is 0 Å². The van der Waals surface area contributed by atoms with Crippen LogP contribution >= 0.6 is 11.6 Å². The minimum atomic E-state index is -0.0391. The van der Waals surface area contributed by atoms with Gasteiger partial charge in [-0.1, -0.05) is 23.2 Å². The summed E-state index contributed by atoms with van der Waals surface area (Å²) in [6.45, 7) is 5.74. The van der Waals surface area contributed by atoms with Crippen molar-refractivity contribution in [3.63, 3.8) is 0 Å². The lowest BCUT2D eigenvalue weighted by Gasteiger charge is -2.11. The maximum Gasteiger partial charge on any atom is 0.197 e. The molecule has 3 heteroatoms. The number of carbonyl (C=O) groups is 1. The third-order valence-electron chi connectivity index (χ3n) is 3.35. The molecule has 0 saturated carbocycles. The lowest BCUT2D eigenvalue weighted by molar-refractivity contribution is 0.103. The first-order valence-electron chi connectivity index (χ1n) is 6.40. The van der Waals surface area contributed by atoms with E-state index < -0.39 is 0 Å². The molecular weight excluding hydrogens is 272 g/mol. The van der Waals surface area contributed by atoms with Crippen molar-refractivity contribution >= 4 is 17.4 Å². The second kappa shape index (κ2) is 5.68. The fourth-order valence-electron chi connectivity index (χ4n) is 2.17. The van der Waals surface area contributed by atoms with Gasteiger partial charge in [-0.15, -0.1) is 0 Å². The van der Waals surface area contributed by atoms with Gasteiger partial charge < -0.3 is 4.74 Å². The average molecular weight is 289 g/mol. The third-order valence-corrected chi connectivity index (χ3v) is 3.76. The average Bonchev–Trinajstić information content (AvgIpc) is 2.42. The number of aryl methyl sites for hydroxylation is 3. The van der Waals surface area contributed by atoms with Gasteiger partial charge in [0.2, 0.25) is 0 Å². The van der Waals surface area contributed by atoms with Crippen LogP contribution in [-0.2, 0) is 0 Å². The van der Waals surface area contributed by atoms with Crippen LogP contribution in [0.3, 0.4) is 0 Å². The Kier molecular flexibility index (Phi) is 4.15. The van der Waals surface area contributed by atoms with E-state index in [1.807, 2.05) is 51.1 Å². The van der Waals surface area contributed by atoms with Crippen molar-refractivity contribution < 1.29 is 9.53 Å². The maximum absolute atomic E-state index is 12.7. The van der Waals surface area contributed by atoms with Gasteiger partial charge in [0.1, 0.15) is 5.75 Å². The van der Waals surface area contributed by atoms with E-state index in [9.17, 15) is 4.79 Å². The Balaban J connectivity index is 2.57. The normalized spacial score (nSPS) is 10.4. The highest BCUT2D eigenvalue weighted by Crippen LogP contribution is 2.27. The Morgan fingerprint density at radius 2 is 1.70 bits per heavy atom. The minimum Gasteiger partial charge on any atom is -0.496 e. The van der Waals surface area contributed by atoms with Crippen molar-refractivity contribution in [3.05, 3.63) is 63.2 Å². The Morgan fingerprint density at radius 1 is 1.00 bits per heavy atom. The number of halogens is 1. The topological polar surface area (TPSA) is 26.3 Å². The summed E-state index contributed by atoms with van der Waals surface area (Å²) in [5, 5.41) is 0.676. The molecule has 2 nitrogen and oxygen atoms in total. The Bertz CT molecular complexity index is 675. The zero-order valence-corrected chi connectivity index (χ0v) is 12.8. The summed E-state index contributed by atoms with van der Waals surface area (Å²) in [7, 11) is 1.57. The van der Waals surface area contributed by atoms with Gasteiger partial charge in [-0.2, -0.15) is 0 Å². The summed E-state index contributed by atoms with van der Waals surface area (Å²) in [6, 6.07) is 9.26. The predicted octanol–water partition coefficient (Wildman–Crippen LogP) is 4.50. The zero-order valence-electron chi connectivity index (χ0n) is 12.1. The van der Waals surface area contributed by atoms with Crippen molar-refractivity contribution in [2.75, 3.05) is 7.11 Å². The molecule has 0 spiro atoms. The van der Waals surface area contributed by atoms with Gasteiger partial charge in [-0.05, 0) is 56.2 Å². The molecule has 0 saturated heterocycles. The van der Waals surface area contributed by atoms with Crippen molar-refractivity contribution in [1.82, 2.24) is 0 Å². The Labute approximate surface area is 124 Å². The number of hydrogen-bond donors (Lipinski definition) is 0. The number of rotatable bonds is 3. The Hall–Kier alpha value is -1.80. The molecule has 0 aromatic heterocycles. The highest BCUT2D eigenvalue weighted by Gasteiger charge is 2.17. The van der Waals surface area contributed by atoms with E-state index in [1.54, 1.807) is 7.11 Å². The third kappa shape index (κ3) is 2.70. The lowest BCUT2D eigenvalue weighted by Crippen LogP contribution is -2.07. The molecule has 0 aliphatic rings. The molecule has 2 aromatic carbocycles. The fraction of sp³-hybridized carbons (Fsp3) is 0.235. The second-order valence-corrected chi connectivity index (χ2v) is 5.36. The van der Waals surface area contributed by atoms with Crippen LogP contribution in [0.2, 0.25) is 5.02 Å². The molecule has 0 aliphatic heterocycles. The molecule has 0 N–H and O–H groups in total. The SMILES string of the molecule is COc1ccc(C)cc1C(=O)c1cc(C)c(Cl)cc1C. The molecule has 0 atom stereocenters. The van der Waals surface area contributed by atoms with E-state index in [0.717, 1.165) is 16.7 Å². The van der Waals surface area contributed by atoms with Crippen molar-refractivity contribution in [2.24, 2.45) is 0 Å². The monoisotopic (exact) mass is 288 g/mol. The molecule has 2 aromatic rings. The molecule has 0 unspecified atom stereocenters. The van der Waals surface area contributed by atoms with Gasteiger partial charge in [0, 0.05) is 10.6 Å². The molecule has 104 valence electrons. The molecule has 0 fully saturated rings. The van der Waals surface area contributed by atoms with Crippen LogP contribution < -0.4 is 4.74 Å². The fourth-order valence-corrected chi connectivity index (χ4v) is 2.39. The number of ether oxygens (including phenoxy) is 1. The standard InChI is InChI=1S/C17H17ClO2/c1-10-5-6-16(20-4)14(7-10)17(19)13-8-12(3)15(18)9-11(13)2/h5-9H,1-4H3. The van der Waals surface area contributed by atoms with Crippen molar-refractivity contribution in [1.29, 1.82) is 0 Å². The maximum atomic E-state index is 12.7. The van der Waals surface area contributed by atoms with Crippen LogP contribution in [0.15, 0.2) is 30.3 Å². The number of ketones is 1. The first-order chi connectivity index (χ1) is 9.43. The summed E-state index contributed by atoms with van der Waals surface area (Å²) in [5.74, 6) is 0.551. The number of benzene rings is 2. The molecular formula is C17H17ClO2. The first-order valence-corrected chi connectivity index (χ1v) is 6.78. The van der Waals surface area contributed by atoms with Gasteiger partial charge in [0.15, 0.2) is 5.78 Å². The zero-order chi connectivity index (χ0) is 14.9. The van der Waals surface area contributed by atoms with Crippen LogP contribution in [0, 0.1) is 20.8 Å². The van der Waals surface area contributed by atoms with E-state index >= 15 is 0 Å². The summed E-state index contributed by atoms with van der Waals surface area (Å²) in [4.78, 5) is 12.7. The molecule has 0 radical (unpaired) electrons. The Morgan fingerprint density at radius 3 is 2.35 bits per heavy atom. The minimum absolute atomic E-state index is 0.0391. The summed E-state index contributed by atoms with van der Waals surface area (Å²) in [5.41, 5.74) is 4.03. The molecule has 2 rings (SSSR count). The van der Waals surface area contributed by atoms with E-state index in [0.29, 0.717) is 21.9 Å². The number of hydrogen-bond acceptors (Lipinski definition) is 2. The van der Waals surface area contributed by atoms with Crippen LogP contribution in [0.4, 0.5) is 0 Å². The lowest BCUT2D eigenvalue weighted by atomic mass is 9.96. The summed E-state index contributed by atoms with van der Waals surface area (Å²) in [6.07, 6.45) is 0.